The van der Waals surface area contributed by atoms with E-state index in [1.165, 1.54) is 23.3 Å². The number of ketones is 1. The van der Waals surface area contributed by atoms with Crippen LogP contribution >= 0.6 is 11.6 Å². The normalized spacial score (nSPS) is 14.7. The summed E-state index contributed by atoms with van der Waals surface area (Å²) in [7, 11) is 0. The molecule has 1 aliphatic carbocycles. The van der Waals surface area contributed by atoms with Crippen LogP contribution in [0.25, 0.3) is 0 Å². The molecule has 2 aromatic carbocycles. The zero-order valence-corrected chi connectivity index (χ0v) is 14.8. The predicted octanol–water partition coefficient (Wildman–Crippen LogP) is 3.64. The number of aryl methyl sites for hydroxylation is 2. The number of hydrogen-bond donors (Lipinski definition) is 0. The maximum atomic E-state index is 12.3. The summed E-state index contributed by atoms with van der Waals surface area (Å²) in [6, 6.07) is 8.65. The first kappa shape index (κ1) is 16.9. The molecule has 26 heavy (non-hydrogen) atoms. The van der Waals surface area contributed by atoms with Crippen LogP contribution in [-0.4, -0.2) is 31.6 Å². The molecule has 1 heterocycles. The molecule has 2 aliphatic rings. The van der Waals surface area contributed by atoms with E-state index in [0.29, 0.717) is 30.3 Å². The van der Waals surface area contributed by atoms with Crippen LogP contribution in [0, 0.1) is 0 Å². The second-order valence-electron chi connectivity index (χ2n) is 6.32. The molecule has 0 aromatic heterocycles. The number of fused-ring (bicyclic) bond motifs is 2. The molecule has 0 radical (unpaired) electrons. The lowest BCUT2D eigenvalue weighted by molar-refractivity contribution is 0.0474. The van der Waals surface area contributed by atoms with Crippen LogP contribution in [0.1, 0.15) is 38.3 Å². The minimum Gasteiger partial charge on any atom is -0.486 e. The first-order valence-electron chi connectivity index (χ1n) is 8.53. The zero-order chi connectivity index (χ0) is 18.1. The van der Waals surface area contributed by atoms with E-state index in [2.05, 4.69) is 0 Å². The Morgan fingerprint density at radius 1 is 1.00 bits per heavy atom. The van der Waals surface area contributed by atoms with Gasteiger partial charge in [-0.15, -0.1) is 0 Å². The number of hydrogen-bond acceptors (Lipinski definition) is 5. The van der Waals surface area contributed by atoms with E-state index in [0.717, 1.165) is 19.3 Å². The smallest absolute Gasteiger partial charge is 0.338 e. The molecule has 0 spiro atoms. The second kappa shape index (κ2) is 7.00. The Labute approximate surface area is 155 Å². The van der Waals surface area contributed by atoms with Gasteiger partial charge in [0.05, 0.1) is 10.6 Å². The van der Waals surface area contributed by atoms with E-state index in [1.54, 1.807) is 6.07 Å². The van der Waals surface area contributed by atoms with Gasteiger partial charge in [-0.1, -0.05) is 23.7 Å². The van der Waals surface area contributed by atoms with Gasteiger partial charge in [-0.05, 0) is 48.6 Å². The molecule has 5 nitrogen and oxygen atoms in total. The largest absolute Gasteiger partial charge is 0.486 e. The summed E-state index contributed by atoms with van der Waals surface area (Å²) in [4.78, 5) is 24.6. The Hall–Kier alpha value is -2.53. The van der Waals surface area contributed by atoms with Crippen molar-refractivity contribution < 1.29 is 23.8 Å². The van der Waals surface area contributed by atoms with Crippen LogP contribution in [-0.2, 0) is 17.6 Å². The fourth-order valence-electron chi connectivity index (χ4n) is 3.27. The summed E-state index contributed by atoms with van der Waals surface area (Å²) < 4.78 is 16.0. The fourth-order valence-corrected chi connectivity index (χ4v) is 3.54. The number of carbonyl (C=O) groups is 2. The van der Waals surface area contributed by atoms with Crippen molar-refractivity contribution in [2.24, 2.45) is 0 Å². The molecule has 0 saturated heterocycles. The van der Waals surface area contributed by atoms with E-state index in [1.807, 2.05) is 12.1 Å². The van der Waals surface area contributed by atoms with E-state index in [9.17, 15) is 9.59 Å². The van der Waals surface area contributed by atoms with Gasteiger partial charge in [0, 0.05) is 5.56 Å². The maximum absolute atomic E-state index is 12.3. The lowest BCUT2D eigenvalue weighted by Crippen LogP contribution is -2.17. The monoisotopic (exact) mass is 372 g/mol. The van der Waals surface area contributed by atoms with Gasteiger partial charge < -0.3 is 14.2 Å². The van der Waals surface area contributed by atoms with Crippen LogP contribution in [0.15, 0.2) is 30.3 Å². The Bertz CT molecular complexity index is 890. The summed E-state index contributed by atoms with van der Waals surface area (Å²) >= 11 is 6.12. The van der Waals surface area contributed by atoms with E-state index >= 15 is 0 Å². The van der Waals surface area contributed by atoms with Crippen LogP contribution < -0.4 is 9.47 Å². The number of benzene rings is 2. The standard InChI is InChI=1S/C20H17ClO5/c21-16-9-15(10-18-19(16)25-7-6-24-18)20(23)26-11-17(22)14-5-4-12-2-1-3-13(12)8-14/h4-5,8-10H,1-3,6-7,11H2. The fraction of sp³-hybridized carbons (Fsp3) is 0.300. The average Bonchev–Trinajstić information content (AvgIpc) is 3.13. The van der Waals surface area contributed by atoms with Crippen molar-refractivity contribution in [1.29, 1.82) is 0 Å². The lowest BCUT2D eigenvalue weighted by Gasteiger charge is -2.19. The summed E-state index contributed by atoms with van der Waals surface area (Å²) in [5, 5.41) is 0.277. The highest BCUT2D eigenvalue weighted by Gasteiger charge is 2.21. The van der Waals surface area contributed by atoms with Gasteiger partial charge in [0.25, 0.3) is 0 Å². The topological polar surface area (TPSA) is 61.8 Å². The lowest BCUT2D eigenvalue weighted by atomic mass is 10.0. The van der Waals surface area contributed by atoms with Crippen molar-refractivity contribution in [2.75, 3.05) is 19.8 Å². The van der Waals surface area contributed by atoms with Crippen molar-refractivity contribution in [3.8, 4) is 11.5 Å². The molecule has 0 fully saturated rings. The molecule has 0 bridgehead atoms. The second-order valence-corrected chi connectivity index (χ2v) is 6.73. The third-order valence-electron chi connectivity index (χ3n) is 4.59. The molecule has 1 aliphatic heterocycles. The highest BCUT2D eigenvalue weighted by molar-refractivity contribution is 6.32. The van der Waals surface area contributed by atoms with E-state index in [-0.39, 0.29) is 23.0 Å². The van der Waals surface area contributed by atoms with Crippen molar-refractivity contribution in [3.63, 3.8) is 0 Å². The number of rotatable bonds is 4. The zero-order valence-electron chi connectivity index (χ0n) is 14.0. The number of Topliss-reactive ketones (excluding diaryl/α,β-unsaturated/α-hetero) is 1. The summed E-state index contributed by atoms with van der Waals surface area (Å²) in [6.07, 6.45) is 3.17. The third-order valence-corrected chi connectivity index (χ3v) is 4.87. The van der Waals surface area contributed by atoms with Crippen molar-refractivity contribution in [3.05, 3.63) is 57.6 Å². The molecule has 4 rings (SSSR count). The van der Waals surface area contributed by atoms with Crippen LogP contribution in [0.5, 0.6) is 11.5 Å². The van der Waals surface area contributed by atoms with Crippen molar-refractivity contribution >= 4 is 23.4 Å². The highest BCUT2D eigenvalue weighted by Crippen LogP contribution is 2.38. The Morgan fingerprint density at radius 2 is 1.81 bits per heavy atom. The van der Waals surface area contributed by atoms with Crippen LogP contribution in [0.2, 0.25) is 5.02 Å². The minimum atomic E-state index is -0.626. The van der Waals surface area contributed by atoms with Gasteiger partial charge in [0.2, 0.25) is 0 Å². The molecule has 0 saturated carbocycles. The van der Waals surface area contributed by atoms with Crippen molar-refractivity contribution in [1.82, 2.24) is 0 Å². The highest BCUT2D eigenvalue weighted by atomic mass is 35.5. The quantitative estimate of drug-likeness (QED) is 0.605. The van der Waals surface area contributed by atoms with Crippen LogP contribution in [0.4, 0.5) is 0 Å². The van der Waals surface area contributed by atoms with Gasteiger partial charge in [-0.25, -0.2) is 4.79 Å². The van der Waals surface area contributed by atoms with Gasteiger partial charge in [0.1, 0.15) is 13.2 Å². The third kappa shape index (κ3) is 3.27. The Balaban J connectivity index is 1.44. The van der Waals surface area contributed by atoms with Gasteiger partial charge >= 0.3 is 5.97 Å². The molecular weight excluding hydrogens is 356 g/mol. The van der Waals surface area contributed by atoms with E-state index < -0.39 is 5.97 Å². The van der Waals surface area contributed by atoms with E-state index in [4.69, 9.17) is 25.8 Å². The number of halogens is 1. The first-order chi connectivity index (χ1) is 12.6. The molecule has 134 valence electrons. The molecule has 0 N–H and O–H groups in total. The summed E-state index contributed by atoms with van der Waals surface area (Å²) in [6.45, 7) is 0.480. The maximum Gasteiger partial charge on any atom is 0.338 e. The Morgan fingerprint density at radius 3 is 2.69 bits per heavy atom. The average molecular weight is 373 g/mol. The Kier molecular flexibility index (Phi) is 4.55. The SMILES string of the molecule is O=C(COC(=O)c1cc(Cl)c2c(c1)OCCO2)c1ccc2c(c1)CCC2. The molecule has 6 heteroatoms. The summed E-state index contributed by atoms with van der Waals surface area (Å²) in [5.41, 5.74) is 3.30. The number of ether oxygens (including phenoxy) is 3. The van der Waals surface area contributed by atoms with Crippen LogP contribution in [0.3, 0.4) is 0 Å². The predicted molar refractivity (Wildman–Crippen MR) is 95.5 cm³/mol. The molecule has 2 aromatic rings. The minimum absolute atomic E-state index is 0.223. The molecular formula is C20H17ClO5. The van der Waals surface area contributed by atoms with Gasteiger partial charge in [-0.3, -0.25) is 4.79 Å². The van der Waals surface area contributed by atoms with Gasteiger partial charge in [-0.2, -0.15) is 0 Å². The molecule has 0 unspecified atom stereocenters. The van der Waals surface area contributed by atoms with Crippen molar-refractivity contribution in [2.45, 2.75) is 19.3 Å². The number of esters is 1. The molecule has 0 atom stereocenters. The van der Waals surface area contributed by atoms with Gasteiger partial charge in [0.15, 0.2) is 23.9 Å². The molecule has 0 amide bonds. The number of carbonyl (C=O) groups excluding carboxylic acids is 2. The first-order valence-corrected chi connectivity index (χ1v) is 8.91. The summed E-state index contributed by atoms with van der Waals surface area (Å²) in [5.74, 6) is -0.0283.